The largest absolute Gasteiger partial charge is 0.411 e. The van der Waals surface area contributed by atoms with Crippen LogP contribution in [0.5, 0.6) is 0 Å². The molecule has 1 saturated heterocycles. The minimum Gasteiger partial charge on any atom is -0.362 e. The average molecular weight is 319 g/mol. The molecule has 1 atom stereocenters. The van der Waals surface area contributed by atoms with Crippen molar-refractivity contribution in [3.05, 3.63) is 18.0 Å². The molecule has 22 heavy (non-hydrogen) atoms. The first kappa shape index (κ1) is 16.8. The smallest absolute Gasteiger partial charge is 0.362 e. The average Bonchev–Trinajstić information content (AvgIpc) is 2.83. The first-order chi connectivity index (χ1) is 10.3. The van der Waals surface area contributed by atoms with Gasteiger partial charge in [-0.2, -0.15) is 18.3 Å². The molecular weight excluding hydrogens is 299 g/mol. The maximum absolute atomic E-state index is 12.1. The van der Waals surface area contributed by atoms with Gasteiger partial charge in [0.25, 0.3) is 0 Å². The number of alkyl halides is 3. The Labute approximate surface area is 127 Å². The zero-order chi connectivity index (χ0) is 16.2. The summed E-state index contributed by atoms with van der Waals surface area (Å²) in [6.45, 7) is 1.11. The second kappa shape index (κ2) is 7.13. The normalized spacial score (nSPS) is 19.5. The third-order valence-corrected chi connectivity index (χ3v) is 3.60. The van der Waals surface area contributed by atoms with E-state index in [9.17, 15) is 18.0 Å². The molecule has 0 bridgehead atoms. The topological polar surface area (TPSA) is 47.4 Å². The Morgan fingerprint density at radius 3 is 2.86 bits per heavy atom. The molecule has 0 saturated carbocycles. The number of nitrogens with zero attached hydrogens (tertiary/aromatic N) is 3. The number of ether oxygens (including phenoxy) is 1. The van der Waals surface area contributed by atoms with Crippen molar-refractivity contribution in [3.63, 3.8) is 0 Å². The van der Waals surface area contributed by atoms with Crippen LogP contribution in [-0.4, -0.2) is 52.6 Å². The van der Waals surface area contributed by atoms with E-state index in [0.717, 1.165) is 24.8 Å². The van der Waals surface area contributed by atoms with E-state index < -0.39 is 25.3 Å². The number of hydrogen-bond acceptors (Lipinski definition) is 3. The van der Waals surface area contributed by atoms with E-state index in [0.29, 0.717) is 13.1 Å². The Kier molecular flexibility index (Phi) is 5.44. The number of amides is 1. The van der Waals surface area contributed by atoms with Gasteiger partial charge in [0, 0.05) is 12.7 Å². The summed E-state index contributed by atoms with van der Waals surface area (Å²) in [6, 6.07) is -0.0463. The molecule has 8 heteroatoms. The molecule has 1 amide bonds. The van der Waals surface area contributed by atoms with E-state index in [1.54, 1.807) is 15.8 Å². The van der Waals surface area contributed by atoms with Gasteiger partial charge >= 0.3 is 6.18 Å². The molecule has 1 aliphatic heterocycles. The van der Waals surface area contributed by atoms with Crippen molar-refractivity contribution in [3.8, 4) is 0 Å². The van der Waals surface area contributed by atoms with Crippen molar-refractivity contribution in [2.45, 2.75) is 44.9 Å². The number of likely N-dealkylation sites (tertiary alicyclic amines) is 1. The SMILES string of the molecule is Cc1cnn(CC2CCCCN2C(=O)COCC(F)(F)F)c1. The Balaban J connectivity index is 1.89. The second-order valence-corrected chi connectivity index (χ2v) is 5.58. The third kappa shape index (κ3) is 5.01. The fourth-order valence-corrected chi connectivity index (χ4v) is 2.64. The molecule has 1 aliphatic rings. The van der Waals surface area contributed by atoms with Crippen LogP contribution in [0.15, 0.2) is 12.4 Å². The summed E-state index contributed by atoms with van der Waals surface area (Å²) in [6.07, 6.45) is 1.90. The summed E-state index contributed by atoms with van der Waals surface area (Å²) in [5.74, 6) is -0.391. The number of piperidine rings is 1. The molecule has 2 heterocycles. The number of carbonyl (C=O) groups excluding carboxylic acids is 1. The quantitative estimate of drug-likeness (QED) is 0.835. The van der Waals surface area contributed by atoms with Crippen LogP contribution in [-0.2, 0) is 16.1 Å². The molecule has 1 unspecified atom stereocenters. The lowest BCUT2D eigenvalue weighted by molar-refractivity contribution is -0.178. The van der Waals surface area contributed by atoms with Gasteiger partial charge in [0.15, 0.2) is 0 Å². The highest BCUT2D eigenvalue weighted by molar-refractivity contribution is 5.77. The Hall–Kier alpha value is -1.57. The van der Waals surface area contributed by atoms with Gasteiger partial charge in [-0.1, -0.05) is 0 Å². The first-order valence-corrected chi connectivity index (χ1v) is 7.28. The first-order valence-electron chi connectivity index (χ1n) is 7.28. The molecule has 124 valence electrons. The molecule has 0 aliphatic carbocycles. The van der Waals surface area contributed by atoms with Gasteiger partial charge in [0.1, 0.15) is 13.2 Å². The Morgan fingerprint density at radius 1 is 1.45 bits per heavy atom. The zero-order valence-corrected chi connectivity index (χ0v) is 12.5. The van der Waals surface area contributed by atoms with Crippen LogP contribution >= 0.6 is 0 Å². The lowest BCUT2D eigenvalue weighted by Crippen LogP contribution is -2.47. The highest BCUT2D eigenvalue weighted by Crippen LogP contribution is 2.19. The molecule has 0 N–H and O–H groups in total. The van der Waals surface area contributed by atoms with Gasteiger partial charge in [-0.15, -0.1) is 0 Å². The van der Waals surface area contributed by atoms with E-state index in [4.69, 9.17) is 0 Å². The molecule has 1 fully saturated rings. The predicted octanol–water partition coefficient (Wildman–Crippen LogP) is 2.15. The van der Waals surface area contributed by atoms with Crippen LogP contribution < -0.4 is 0 Å². The van der Waals surface area contributed by atoms with E-state index in [1.807, 2.05) is 13.1 Å². The zero-order valence-electron chi connectivity index (χ0n) is 12.5. The Bertz CT molecular complexity index is 502. The van der Waals surface area contributed by atoms with Gasteiger partial charge in [-0.05, 0) is 31.7 Å². The highest BCUT2D eigenvalue weighted by Gasteiger charge is 2.30. The maximum atomic E-state index is 12.1. The molecular formula is C14H20F3N3O2. The van der Waals surface area contributed by atoms with Crippen LogP contribution in [0.2, 0.25) is 0 Å². The summed E-state index contributed by atoms with van der Waals surface area (Å²) in [7, 11) is 0. The Morgan fingerprint density at radius 2 is 2.23 bits per heavy atom. The van der Waals surface area contributed by atoms with Crippen LogP contribution in [0.3, 0.4) is 0 Å². The van der Waals surface area contributed by atoms with Crippen molar-refractivity contribution >= 4 is 5.91 Å². The summed E-state index contributed by atoms with van der Waals surface area (Å²) in [5, 5.41) is 4.20. The fourth-order valence-electron chi connectivity index (χ4n) is 2.64. The van der Waals surface area contributed by atoms with Crippen molar-refractivity contribution in [1.82, 2.24) is 14.7 Å². The van der Waals surface area contributed by atoms with Gasteiger partial charge in [-0.25, -0.2) is 0 Å². The lowest BCUT2D eigenvalue weighted by Gasteiger charge is -2.35. The van der Waals surface area contributed by atoms with Crippen LogP contribution in [0.25, 0.3) is 0 Å². The van der Waals surface area contributed by atoms with Gasteiger partial charge in [0.2, 0.25) is 5.91 Å². The van der Waals surface area contributed by atoms with Crippen LogP contribution in [0.1, 0.15) is 24.8 Å². The molecule has 0 aromatic carbocycles. The number of rotatable bonds is 5. The summed E-state index contributed by atoms with van der Waals surface area (Å²) >= 11 is 0. The van der Waals surface area contributed by atoms with Gasteiger partial charge < -0.3 is 9.64 Å². The minimum absolute atomic E-state index is 0.0463. The number of aromatic nitrogens is 2. The van der Waals surface area contributed by atoms with Crippen molar-refractivity contribution < 1.29 is 22.7 Å². The molecule has 2 rings (SSSR count). The fraction of sp³-hybridized carbons (Fsp3) is 0.714. The van der Waals surface area contributed by atoms with Crippen LogP contribution in [0.4, 0.5) is 13.2 Å². The second-order valence-electron chi connectivity index (χ2n) is 5.58. The van der Waals surface area contributed by atoms with E-state index in [1.165, 1.54) is 0 Å². The monoisotopic (exact) mass is 319 g/mol. The summed E-state index contributed by atoms with van der Waals surface area (Å²) in [4.78, 5) is 13.7. The molecule has 1 aromatic rings. The standard InChI is InChI=1S/C14H20F3N3O2/c1-11-6-18-19(7-11)8-12-4-2-3-5-20(12)13(21)9-22-10-14(15,16)17/h6-7,12H,2-5,8-10H2,1H3. The van der Waals surface area contributed by atoms with E-state index in [2.05, 4.69) is 9.84 Å². The number of hydrogen-bond donors (Lipinski definition) is 0. The van der Waals surface area contributed by atoms with Gasteiger partial charge in [-0.3, -0.25) is 9.48 Å². The lowest BCUT2D eigenvalue weighted by atomic mass is 10.0. The number of aryl methyl sites for hydroxylation is 1. The van der Waals surface area contributed by atoms with Crippen LogP contribution in [0, 0.1) is 6.92 Å². The van der Waals surface area contributed by atoms with Gasteiger partial charge in [0.05, 0.1) is 18.8 Å². The van der Waals surface area contributed by atoms with Crippen molar-refractivity contribution in [1.29, 1.82) is 0 Å². The van der Waals surface area contributed by atoms with Crippen molar-refractivity contribution in [2.75, 3.05) is 19.8 Å². The maximum Gasteiger partial charge on any atom is 0.411 e. The van der Waals surface area contributed by atoms with Crippen molar-refractivity contribution in [2.24, 2.45) is 0 Å². The molecule has 1 aromatic heterocycles. The highest BCUT2D eigenvalue weighted by atomic mass is 19.4. The molecule has 5 nitrogen and oxygen atoms in total. The third-order valence-electron chi connectivity index (χ3n) is 3.60. The summed E-state index contributed by atoms with van der Waals surface area (Å²) in [5.41, 5.74) is 1.03. The minimum atomic E-state index is -4.41. The number of carbonyl (C=O) groups is 1. The van der Waals surface area contributed by atoms with E-state index in [-0.39, 0.29) is 6.04 Å². The molecule has 0 radical (unpaired) electrons. The number of halogens is 3. The summed E-state index contributed by atoms with van der Waals surface area (Å²) < 4.78 is 42.4. The van der Waals surface area contributed by atoms with E-state index >= 15 is 0 Å². The predicted molar refractivity (Wildman–Crippen MR) is 73.2 cm³/mol. The molecule has 0 spiro atoms.